The van der Waals surface area contributed by atoms with Gasteiger partial charge >= 0.3 is 0 Å². The van der Waals surface area contributed by atoms with Gasteiger partial charge in [0.15, 0.2) is 5.82 Å². The number of rotatable bonds is 6. The summed E-state index contributed by atoms with van der Waals surface area (Å²) in [5.74, 6) is 2.60. The van der Waals surface area contributed by atoms with Gasteiger partial charge in [-0.15, -0.1) is 0 Å². The van der Waals surface area contributed by atoms with Crippen LogP contribution in [0.15, 0.2) is 42.9 Å². The maximum atomic E-state index is 6.41. The van der Waals surface area contributed by atoms with E-state index in [-0.39, 0.29) is 0 Å². The molecular weight excluding hydrogens is 473 g/mol. The van der Waals surface area contributed by atoms with Crippen LogP contribution in [0.5, 0.6) is 0 Å². The fourth-order valence-electron chi connectivity index (χ4n) is 5.14. The van der Waals surface area contributed by atoms with E-state index in [0.29, 0.717) is 22.8 Å². The number of nitrogens with zero attached hydrogens (tertiary/aromatic N) is 5. The second-order valence-corrected chi connectivity index (χ2v) is 15.9. The number of fused-ring (bicyclic) bond motifs is 1. The molecule has 1 aliphatic carbocycles. The van der Waals surface area contributed by atoms with Crippen LogP contribution in [0.2, 0.25) is 5.02 Å². The summed E-state index contributed by atoms with van der Waals surface area (Å²) in [6, 6.07) is 6.90. The Morgan fingerprint density at radius 3 is 2.55 bits per heavy atom. The van der Waals surface area contributed by atoms with Gasteiger partial charge in [0.2, 0.25) is 5.95 Å². The zero-order chi connectivity index (χ0) is 23.2. The van der Waals surface area contributed by atoms with Gasteiger partial charge in [0.25, 0.3) is 0 Å². The van der Waals surface area contributed by atoms with Gasteiger partial charge in [-0.25, -0.2) is 4.98 Å². The first kappa shape index (κ1) is 22.8. The summed E-state index contributed by atoms with van der Waals surface area (Å²) in [7, 11) is 2.22. The number of hydrogen-bond donors (Lipinski definition) is 2. The molecule has 1 aromatic carbocycles. The van der Waals surface area contributed by atoms with Crippen molar-refractivity contribution >= 4 is 57.9 Å². The van der Waals surface area contributed by atoms with Crippen molar-refractivity contribution in [2.75, 3.05) is 44.1 Å². The van der Waals surface area contributed by atoms with E-state index in [1.807, 2.05) is 24.4 Å². The average Bonchev–Trinajstić information content (AvgIpc) is 3.45. The maximum Gasteiger partial charge on any atom is 0.229 e. The van der Waals surface area contributed by atoms with Gasteiger partial charge in [-0.05, 0) is 57.2 Å². The molecule has 2 aliphatic rings. The molecule has 0 radical (unpaired) electrons. The molecule has 2 aromatic heterocycles. The molecule has 33 heavy (non-hydrogen) atoms. The molecule has 2 unspecified atom stereocenters. The highest BCUT2D eigenvalue weighted by Gasteiger charge is 2.40. The van der Waals surface area contributed by atoms with Crippen LogP contribution in [0.4, 0.5) is 23.1 Å². The van der Waals surface area contributed by atoms with Crippen LogP contribution in [0.1, 0.15) is 18.9 Å². The molecule has 3 aromatic rings. The lowest BCUT2D eigenvalue weighted by Crippen LogP contribution is -2.17. The number of nitrogens with one attached hydrogen (secondary N) is 2. The monoisotopic (exact) mass is 501 g/mol. The van der Waals surface area contributed by atoms with Crippen LogP contribution >= 0.6 is 17.6 Å². The summed E-state index contributed by atoms with van der Waals surface area (Å²) in [5, 5.41) is 12.8. The Labute approximate surface area is 205 Å². The van der Waals surface area contributed by atoms with E-state index in [9.17, 15) is 0 Å². The van der Waals surface area contributed by atoms with Crippen LogP contribution in [-0.2, 0) is 11.8 Å². The number of para-hydroxylation sites is 1. The van der Waals surface area contributed by atoms with Crippen molar-refractivity contribution in [2.24, 2.45) is 11.8 Å². The minimum atomic E-state index is -1.64. The molecule has 1 saturated heterocycles. The van der Waals surface area contributed by atoms with Crippen molar-refractivity contribution in [1.29, 1.82) is 0 Å². The van der Waals surface area contributed by atoms with Crippen molar-refractivity contribution in [3.63, 3.8) is 0 Å². The maximum absolute atomic E-state index is 6.41. The summed E-state index contributed by atoms with van der Waals surface area (Å²) in [6.07, 6.45) is 7.89. The molecule has 174 valence electrons. The Balaban J connectivity index is 1.31. The number of aromatic nitrogens is 4. The Hall–Kier alpha value is -1.99. The number of likely N-dealkylation sites (tertiary alicyclic amines) is 1. The number of halogens is 1. The molecule has 3 heterocycles. The van der Waals surface area contributed by atoms with Gasteiger partial charge in [0, 0.05) is 30.3 Å². The minimum Gasteiger partial charge on any atom is -0.338 e. The molecule has 7 nitrogen and oxygen atoms in total. The number of anilines is 4. The van der Waals surface area contributed by atoms with Gasteiger partial charge in [-0.2, -0.15) is 10.1 Å². The fraction of sp³-hybridized carbons (Fsp3) is 0.435. The van der Waals surface area contributed by atoms with Crippen molar-refractivity contribution in [1.82, 2.24) is 24.6 Å². The van der Waals surface area contributed by atoms with Gasteiger partial charge in [-0.1, -0.05) is 41.6 Å². The molecule has 5 rings (SSSR count). The van der Waals surface area contributed by atoms with E-state index in [2.05, 4.69) is 67.9 Å². The van der Waals surface area contributed by atoms with E-state index in [1.165, 1.54) is 25.9 Å². The zero-order valence-electron chi connectivity index (χ0n) is 19.1. The molecule has 0 bridgehead atoms. The van der Waals surface area contributed by atoms with Gasteiger partial charge in [-0.3, -0.25) is 4.68 Å². The molecule has 1 saturated carbocycles. The van der Waals surface area contributed by atoms with Crippen LogP contribution in [0.25, 0.3) is 0 Å². The summed E-state index contributed by atoms with van der Waals surface area (Å²) in [4.78, 5) is 11.4. The second kappa shape index (κ2) is 8.99. The Bertz CT molecular complexity index is 1200. The molecular formula is C23H29ClN7PS. The summed E-state index contributed by atoms with van der Waals surface area (Å²) in [5.41, 5.74) is 1.80. The summed E-state index contributed by atoms with van der Waals surface area (Å²) < 4.78 is 2.10. The van der Waals surface area contributed by atoms with Crippen LogP contribution < -0.4 is 15.9 Å². The van der Waals surface area contributed by atoms with Crippen LogP contribution in [0, 0.1) is 11.8 Å². The first-order chi connectivity index (χ1) is 15.8. The van der Waals surface area contributed by atoms with E-state index in [4.69, 9.17) is 23.4 Å². The molecule has 0 amide bonds. The van der Waals surface area contributed by atoms with Crippen molar-refractivity contribution in [3.8, 4) is 0 Å². The van der Waals surface area contributed by atoms with Gasteiger partial charge < -0.3 is 15.5 Å². The standard InChI is InChI=1S/C23H29ClN7PS/c1-30-12-15-8-18(9-16(15)13-30)31-14-17(10-26-31)27-23-25-11-19(24)22(29-23)28-20-6-4-5-7-21(20)32(2,3)33/h4-7,10-11,14-16,18H,8-9,12-13H2,1-3H3,(H2,25,27,28,29). The van der Waals surface area contributed by atoms with Crippen LogP contribution in [0.3, 0.4) is 0 Å². The van der Waals surface area contributed by atoms with E-state index < -0.39 is 6.04 Å². The molecule has 2 fully saturated rings. The summed E-state index contributed by atoms with van der Waals surface area (Å²) >= 11 is 12.2. The highest BCUT2D eigenvalue weighted by atomic mass is 35.5. The highest BCUT2D eigenvalue weighted by Crippen LogP contribution is 2.43. The molecule has 10 heteroatoms. The Morgan fingerprint density at radius 2 is 1.82 bits per heavy atom. The second-order valence-electron chi connectivity index (χ2n) is 9.58. The largest absolute Gasteiger partial charge is 0.338 e. The zero-order valence-corrected chi connectivity index (χ0v) is 21.5. The topological polar surface area (TPSA) is 70.9 Å². The first-order valence-electron chi connectivity index (χ1n) is 11.2. The van der Waals surface area contributed by atoms with Crippen LogP contribution in [-0.4, -0.2) is 58.1 Å². The van der Waals surface area contributed by atoms with Crippen molar-refractivity contribution in [2.45, 2.75) is 18.9 Å². The lowest BCUT2D eigenvalue weighted by molar-refractivity contribution is 0.343. The lowest BCUT2D eigenvalue weighted by Gasteiger charge is -2.17. The van der Waals surface area contributed by atoms with Crippen molar-refractivity contribution < 1.29 is 0 Å². The number of benzene rings is 1. The molecule has 0 spiro atoms. The van der Waals surface area contributed by atoms with Gasteiger partial charge in [0.05, 0.1) is 24.1 Å². The van der Waals surface area contributed by atoms with Gasteiger partial charge in [0.1, 0.15) is 5.02 Å². The molecule has 2 N–H and O–H groups in total. The highest BCUT2D eigenvalue weighted by molar-refractivity contribution is 8.17. The summed E-state index contributed by atoms with van der Waals surface area (Å²) in [6.45, 7) is 6.64. The van der Waals surface area contributed by atoms with E-state index in [0.717, 1.165) is 28.5 Å². The van der Waals surface area contributed by atoms with Crippen molar-refractivity contribution in [3.05, 3.63) is 47.9 Å². The minimum absolute atomic E-state index is 0.453. The third kappa shape index (κ3) is 4.94. The quantitative estimate of drug-likeness (QED) is 0.475. The lowest BCUT2D eigenvalue weighted by atomic mass is 10.0. The molecule has 2 atom stereocenters. The number of hydrogen-bond acceptors (Lipinski definition) is 7. The predicted octanol–water partition coefficient (Wildman–Crippen LogP) is 4.69. The van der Waals surface area contributed by atoms with E-state index >= 15 is 0 Å². The predicted molar refractivity (Wildman–Crippen MR) is 141 cm³/mol. The molecule has 1 aliphatic heterocycles. The smallest absolute Gasteiger partial charge is 0.229 e. The average molecular weight is 502 g/mol. The SMILES string of the molecule is CN1CC2CC(n3cc(Nc4ncc(Cl)c(Nc5ccccc5P(C)(C)=S)n4)cn3)CC2C1. The van der Waals surface area contributed by atoms with E-state index in [1.54, 1.807) is 6.20 Å². The normalized spacial score (nSPS) is 23.0. The fourth-order valence-corrected chi connectivity index (χ4v) is 6.91. The first-order valence-corrected chi connectivity index (χ1v) is 15.3. The Kier molecular flexibility index (Phi) is 6.21. The third-order valence-electron chi connectivity index (χ3n) is 6.62. The third-order valence-corrected chi connectivity index (χ3v) is 9.04. The Morgan fingerprint density at radius 1 is 1.09 bits per heavy atom.